The van der Waals surface area contributed by atoms with E-state index >= 15 is 0 Å². The van der Waals surface area contributed by atoms with Gasteiger partial charge in [0.15, 0.2) is 6.54 Å². The van der Waals surface area contributed by atoms with Gasteiger partial charge in [-0.25, -0.2) is 0 Å². The van der Waals surface area contributed by atoms with Crippen molar-refractivity contribution in [3.63, 3.8) is 0 Å². The topological polar surface area (TPSA) is 81.1 Å². The molecule has 3 rings (SSSR count). The number of nitro groups is 1. The van der Waals surface area contributed by atoms with Crippen LogP contribution in [-0.2, 0) is 11.3 Å². The Kier molecular flexibility index (Phi) is 6.43. The molecule has 27 heavy (non-hydrogen) atoms. The summed E-state index contributed by atoms with van der Waals surface area (Å²) >= 11 is 7.60. The van der Waals surface area contributed by atoms with Crippen molar-refractivity contribution in [2.45, 2.75) is 13.5 Å². The number of carbonyl (C=O) groups excluding carboxylic acids is 1. The van der Waals surface area contributed by atoms with E-state index in [0.29, 0.717) is 17.8 Å². The first-order chi connectivity index (χ1) is 12.9. The van der Waals surface area contributed by atoms with E-state index in [9.17, 15) is 14.9 Å². The van der Waals surface area contributed by atoms with Gasteiger partial charge in [0.25, 0.3) is 11.6 Å². The van der Waals surface area contributed by atoms with Crippen LogP contribution >= 0.6 is 22.9 Å². The average molecular weight is 411 g/mol. The number of piperazine rings is 1. The van der Waals surface area contributed by atoms with Crippen molar-refractivity contribution >= 4 is 40.2 Å². The van der Waals surface area contributed by atoms with Gasteiger partial charge in [-0.2, -0.15) is 0 Å². The quantitative estimate of drug-likeness (QED) is 0.480. The van der Waals surface area contributed by atoms with E-state index in [-0.39, 0.29) is 11.6 Å². The normalized spacial score (nSPS) is 19.6. The van der Waals surface area contributed by atoms with Crippen LogP contribution in [0.1, 0.15) is 10.4 Å². The Morgan fingerprint density at radius 2 is 1.93 bits per heavy atom. The van der Waals surface area contributed by atoms with Crippen LogP contribution in [-0.4, -0.2) is 43.6 Å². The zero-order chi connectivity index (χ0) is 19.4. The third-order valence-electron chi connectivity index (χ3n) is 4.84. The summed E-state index contributed by atoms with van der Waals surface area (Å²) < 4.78 is 0.815. The Labute approximate surface area is 166 Å². The molecule has 0 spiro atoms. The zero-order valence-corrected chi connectivity index (χ0v) is 16.7. The fraction of sp³-hybridized carbons (Fsp3) is 0.389. The summed E-state index contributed by atoms with van der Waals surface area (Å²) in [6, 6.07) is 8.79. The number of anilines is 1. The van der Waals surface area contributed by atoms with Gasteiger partial charge in [0.05, 0.1) is 14.1 Å². The van der Waals surface area contributed by atoms with Crippen LogP contribution in [0.15, 0.2) is 30.3 Å². The number of benzene rings is 1. The van der Waals surface area contributed by atoms with Crippen LogP contribution in [0.2, 0.25) is 4.34 Å². The van der Waals surface area contributed by atoms with Crippen LogP contribution < -0.4 is 15.1 Å². The standard InChI is InChI=1S/C18H21ClN4O3S/c1-13-3-2-4-15(23(25)26)18(13)20-17(24)12-22-9-7-21(8-10-22)11-14-5-6-16(19)27-14/h2-6H,7-12H2,1H3,(H,20,24)/p+2. The fourth-order valence-corrected chi connectivity index (χ4v) is 4.54. The smallest absolute Gasteiger partial charge is 0.293 e. The molecular weight excluding hydrogens is 388 g/mol. The Morgan fingerprint density at radius 1 is 1.22 bits per heavy atom. The lowest BCUT2D eigenvalue weighted by Crippen LogP contribution is -3.28. The fourth-order valence-electron chi connectivity index (χ4n) is 3.38. The number of thiophene rings is 1. The second-order valence-electron chi connectivity index (χ2n) is 6.83. The van der Waals surface area contributed by atoms with Crippen molar-refractivity contribution in [3.05, 3.63) is 55.2 Å². The summed E-state index contributed by atoms with van der Waals surface area (Å²) in [4.78, 5) is 27.1. The number of carbonyl (C=O) groups is 1. The summed E-state index contributed by atoms with van der Waals surface area (Å²) in [6.45, 7) is 6.82. The number of nitro benzene ring substituents is 1. The number of halogens is 1. The summed E-state index contributed by atoms with van der Waals surface area (Å²) in [5, 5.41) is 13.9. The Hall–Kier alpha value is -2.00. The number of nitrogens with zero attached hydrogens (tertiary/aromatic N) is 1. The number of rotatable bonds is 6. The van der Waals surface area contributed by atoms with E-state index in [0.717, 1.165) is 37.1 Å². The van der Waals surface area contributed by atoms with E-state index in [4.69, 9.17) is 11.6 Å². The van der Waals surface area contributed by atoms with Gasteiger partial charge in [0.2, 0.25) is 0 Å². The minimum Gasteiger partial charge on any atom is -0.321 e. The predicted molar refractivity (Wildman–Crippen MR) is 106 cm³/mol. The molecule has 1 fully saturated rings. The monoisotopic (exact) mass is 410 g/mol. The maximum atomic E-state index is 12.4. The second-order valence-corrected chi connectivity index (χ2v) is 8.63. The first kappa shape index (κ1) is 19.8. The van der Waals surface area contributed by atoms with Crippen molar-refractivity contribution in [1.29, 1.82) is 0 Å². The molecular formula is C18H23ClN4O3S+2. The van der Waals surface area contributed by atoms with Crippen molar-refractivity contribution in [1.82, 2.24) is 0 Å². The predicted octanol–water partition coefficient (Wildman–Crippen LogP) is 0.540. The molecule has 1 amide bonds. The molecule has 0 bridgehead atoms. The van der Waals surface area contributed by atoms with Crippen molar-refractivity contribution in [2.24, 2.45) is 0 Å². The van der Waals surface area contributed by atoms with Gasteiger partial charge in [0.1, 0.15) is 38.4 Å². The maximum Gasteiger partial charge on any atom is 0.293 e. The Bertz CT molecular complexity index is 834. The molecule has 144 valence electrons. The lowest BCUT2D eigenvalue weighted by molar-refractivity contribution is -1.01. The van der Waals surface area contributed by atoms with E-state index < -0.39 is 4.92 Å². The molecule has 1 saturated heterocycles. The summed E-state index contributed by atoms with van der Waals surface area (Å²) in [5.41, 5.74) is 0.921. The van der Waals surface area contributed by atoms with E-state index in [1.165, 1.54) is 20.7 Å². The third kappa shape index (κ3) is 5.26. The maximum absolute atomic E-state index is 12.4. The number of hydrogen-bond donors (Lipinski definition) is 3. The molecule has 1 aliphatic heterocycles. The zero-order valence-electron chi connectivity index (χ0n) is 15.1. The number of para-hydroxylation sites is 1. The van der Waals surface area contributed by atoms with Crippen molar-refractivity contribution in [2.75, 3.05) is 38.0 Å². The average Bonchev–Trinajstić information content (AvgIpc) is 3.03. The lowest BCUT2D eigenvalue weighted by Gasteiger charge is -2.29. The van der Waals surface area contributed by atoms with Gasteiger partial charge in [-0.3, -0.25) is 14.9 Å². The molecule has 0 atom stereocenters. The minimum atomic E-state index is -0.464. The molecule has 7 nitrogen and oxygen atoms in total. The largest absolute Gasteiger partial charge is 0.321 e. The highest BCUT2D eigenvalue weighted by Gasteiger charge is 2.26. The first-order valence-electron chi connectivity index (χ1n) is 8.87. The molecule has 9 heteroatoms. The van der Waals surface area contributed by atoms with Gasteiger partial charge < -0.3 is 15.1 Å². The van der Waals surface area contributed by atoms with Crippen LogP contribution in [0.3, 0.4) is 0 Å². The molecule has 0 aliphatic carbocycles. The van der Waals surface area contributed by atoms with Gasteiger partial charge in [-0.05, 0) is 24.6 Å². The SMILES string of the molecule is Cc1cccc([N+](=O)[O-])c1NC(=O)C[NH+]1CC[NH+](Cc2ccc(Cl)s2)CC1. The Balaban J connectivity index is 1.51. The van der Waals surface area contributed by atoms with Crippen LogP contribution in [0, 0.1) is 17.0 Å². The van der Waals surface area contributed by atoms with E-state index in [2.05, 4.69) is 11.4 Å². The molecule has 2 heterocycles. The van der Waals surface area contributed by atoms with E-state index in [1.807, 2.05) is 6.07 Å². The van der Waals surface area contributed by atoms with Crippen LogP contribution in [0.25, 0.3) is 0 Å². The molecule has 0 radical (unpaired) electrons. The number of aryl methyl sites for hydroxylation is 1. The molecule has 2 aromatic rings. The molecule has 3 N–H and O–H groups in total. The molecule has 1 aromatic heterocycles. The highest BCUT2D eigenvalue weighted by molar-refractivity contribution is 7.16. The van der Waals surface area contributed by atoms with Crippen molar-refractivity contribution < 1.29 is 19.5 Å². The highest BCUT2D eigenvalue weighted by Crippen LogP contribution is 2.27. The van der Waals surface area contributed by atoms with Gasteiger partial charge in [-0.15, -0.1) is 11.3 Å². The number of quaternary nitrogens is 2. The van der Waals surface area contributed by atoms with Crippen molar-refractivity contribution in [3.8, 4) is 0 Å². The molecule has 0 saturated carbocycles. The molecule has 1 aliphatic rings. The van der Waals surface area contributed by atoms with Gasteiger partial charge >= 0.3 is 0 Å². The van der Waals surface area contributed by atoms with Crippen LogP contribution in [0.5, 0.6) is 0 Å². The second kappa shape index (κ2) is 8.79. The molecule has 0 unspecified atom stereocenters. The summed E-state index contributed by atoms with van der Waals surface area (Å²) in [6.07, 6.45) is 0. The number of amides is 1. The number of hydrogen-bond acceptors (Lipinski definition) is 4. The Morgan fingerprint density at radius 3 is 2.56 bits per heavy atom. The van der Waals surface area contributed by atoms with Gasteiger partial charge in [0, 0.05) is 6.07 Å². The van der Waals surface area contributed by atoms with E-state index in [1.54, 1.807) is 30.4 Å². The lowest BCUT2D eigenvalue weighted by atomic mass is 10.1. The number of nitrogens with one attached hydrogen (secondary N) is 3. The third-order valence-corrected chi connectivity index (χ3v) is 6.07. The highest BCUT2D eigenvalue weighted by atomic mass is 35.5. The minimum absolute atomic E-state index is 0.0674. The van der Waals surface area contributed by atoms with Gasteiger partial charge in [-0.1, -0.05) is 23.7 Å². The molecule has 1 aromatic carbocycles. The summed E-state index contributed by atoms with van der Waals surface area (Å²) in [5.74, 6) is -0.184. The van der Waals surface area contributed by atoms with Crippen LogP contribution in [0.4, 0.5) is 11.4 Å². The first-order valence-corrected chi connectivity index (χ1v) is 10.1. The summed E-state index contributed by atoms with van der Waals surface area (Å²) in [7, 11) is 0.